The van der Waals surface area contributed by atoms with Crippen molar-refractivity contribution >= 4 is 33.5 Å². The number of nitrogens with zero attached hydrogens (tertiary/aromatic N) is 2. The number of carbonyl (C=O) groups excluding carboxylic acids is 1. The number of hydrogen-bond acceptors (Lipinski definition) is 4. The van der Waals surface area contributed by atoms with Crippen molar-refractivity contribution in [3.8, 4) is 0 Å². The fraction of sp³-hybridized carbons (Fsp3) is 0.267. The lowest BCUT2D eigenvalue weighted by atomic mass is 10.3. The van der Waals surface area contributed by atoms with Gasteiger partial charge in [-0.15, -0.1) is 0 Å². The van der Waals surface area contributed by atoms with Crippen LogP contribution in [0, 0.1) is 13.8 Å². The Morgan fingerprint density at radius 2 is 2.05 bits per heavy atom. The molecule has 0 spiro atoms. The molecule has 0 unspecified atom stereocenters. The van der Waals surface area contributed by atoms with Crippen LogP contribution in [-0.4, -0.2) is 22.4 Å². The van der Waals surface area contributed by atoms with Gasteiger partial charge in [0, 0.05) is 29.8 Å². The molecule has 0 aliphatic heterocycles. The van der Waals surface area contributed by atoms with Crippen LogP contribution < -0.4 is 10.6 Å². The van der Waals surface area contributed by atoms with Crippen LogP contribution in [0.15, 0.2) is 35.1 Å². The molecule has 2 N–H and O–H groups in total. The SMILES string of the molecule is Cc1ccc(NC(=O)CCNc2ncc(Br)cc2C)nc1. The molecule has 0 aromatic carbocycles. The molecular weight excluding hydrogens is 332 g/mol. The molecule has 0 atom stereocenters. The molecule has 5 nitrogen and oxygen atoms in total. The smallest absolute Gasteiger partial charge is 0.227 e. The van der Waals surface area contributed by atoms with Gasteiger partial charge in [0.25, 0.3) is 0 Å². The van der Waals surface area contributed by atoms with Gasteiger partial charge in [-0.1, -0.05) is 6.07 Å². The first-order valence-corrected chi connectivity index (χ1v) is 7.42. The van der Waals surface area contributed by atoms with Gasteiger partial charge in [-0.25, -0.2) is 9.97 Å². The van der Waals surface area contributed by atoms with Crippen LogP contribution >= 0.6 is 15.9 Å². The van der Waals surface area contributed by atoms with Crippen molar-refractivity contribution in [1.82, 2.24) is 9.97 Å². The van der Waals surface area contributed by atoms with Gasteiger partial charge < -0.3 is 10.6 Å². The van der Waals surface area contributed by atoms with Crippen molar-refractivity contribution in [2.24, 2.45) is 0 Å². The lowest BCUT2D eigenvalue weighted by molar-refractivity contribution is -0.116. The van der Waals surface area contributed by atoms with Gasteiger partial charge in [0.1, 0.15) is 11.6 Å². The zero-order chi connectivity index (χ0) is 15.2. The van der Waals surface area contributed by atoms with Crippen LogP contribution in [0.2, 0.25) is 0 Å². The molecule has 110 valence electrons. The normalized spacial score (nSPS) is 10.2. The molecule has 0 fully saturated rings. The Labute approximate surface area is 132 Å². The quantitative estimate of drug-likeness (QED) is 0.869. The Hall–Kier alpha value is -1.95. The predicted molar refractivity (Wildman–Crippen MR) is 87.4 cm³/mol. The molecule has 2 aromatic heterocycles. The number of aryl methyl sites for hydroxylation is 2. The second-order valence-corrected chi connectivity index (χ2v) is 5.68. The van der Waals surface area contributed by atoms with E-state index in [-0.39, 0.29) is 5.91 Å². The van der Waals surface area contributed by atoms with Crippen LogP contribution in [0.1, 0.15) is 17.5 Å². The molecule has 0 bridgehead atoms. The highest BCUT2D eigenvalue weighted by molar-refractivity contribution is 9.10. The van der Waals surface area contributed by atoms with Crippen molar-refractivity contribution in [2.75, 3.05) is 17.2 Å². The number of carbonyl (C=O) groups is 1. The average Bonchev–Trinajstić information content (AvgIpc) is 2.44. The van der Waals surface area contributed by atoms with Gasteiger partial charge in [0.2, 0.25) is 5.91 Å². The lowest BCUT2D eigenvalue weighted by Crippen LogP contribution is -2.17. The highest BCUT2D eigenvalue weighted by Crippen LogP contribution is 2.16. The third-order valence-electron chi connectivity index (χ3n) is 2.87. The molecule has 0 aliphatic rings. The van der Waals surface area contributed by atoms with Gasteiger partial charge in [-0.05, 0) is 53.0 Å². The zero-order valence-electron chi connectivity index (χ0n) is 12.0. The standard InChI is InChI=1S/C15H17BrN4O/c1-10-3-4-13(18-8-10)20-14(21)5-6-17-15-11(2)7-12(16)9-19-15/h3-4,7-9H,5-6H2,1-2H3,(H,17,19)(H,18,20,21). The minimum Gasteiger partial charge on any atom is -0.369 e. The Bertz CT molecular complexity index is 628. The van der Waals surface area contributed by atoms with Gasteiger partial charge in [0.05, 0.1) is 0 Å². The summed E-state index contributed by atoms with van der Waals surface area (Å²) in [4.78, 5) is 20.2. The summed E-state index contributed by atoms with van der Waals surface area (Å²) in [6.45, 7) is 4.44. The summed E-state index contributed by atoms with van der Waals surface area (Å²) in [7, 11) is 0. The van der Waals surface area contributed by atoms with Crippen LogP contribution in [-0.2, 0) is 4.79 Å². The minimum absolute atomic E-state index is 0.0754. The van der Waals surface area contributed by atoms with Crippen molar-refractivity contribution in [3.05, 3.63) is 46.2 Å². The maximum absolute atomic E-state index is 11.8. The maximum Gasteiger partial charge on any atom is 0.227 e. The van der Waals surface area contributed by atoms with E-state index in [1.807, 2.05) is 26.0 Å². The molecule has 0 saturated heterocycles. The third-order valence-corrected chi connectivity index (χ3v) is 3.30. The topological polar surface area (TPSA) is 66.9 Å². The third kappa shape index (κ3) is 4.82. The Kier molecular flexibility index (Phi) is 5.27. The van der Waals surface area contributed by atoms with E-state index in [0.717, 1.165) is 21.4 Å². The van der Waals surface area contributed by atoms with E-state index in [1.54, 1.807) is 18.5 Å². The minimum atomic E-state index is -0.0754. The number of pyridine rings is 2. The summed E-state index contributed by atoms with van der Waals surface area (Å²) >= 11 is 3.37. The first kappa shape index (κ1) is 15.4. The van der Waals surface area contributed by atoms with Crippen LogP contribution in [0.4, 0.5) is 11.6 Å². The van der Waals surface area contributed by atoms with Gasteiger partial charge in [-0.2, -0.15) is 0 Å². The predicted octanol–water partition coefficient (Wildman–Crippen LogP) is 3.30. The number of nitrogens with one attached hydrogen (secondary N) is 2. The van der Waals surface area contributed by atoms with Crippen LogP contribution in [0.25, 0.3) is 0 Å². The number of rotatable bonds is 5. The highest BCUT2D eigenvalue weighted by Gasteiger charge is 2.04. The number of amides is 1. The summed E-state index contributed by atoms with van der Waals surface area (Å²) in [6, 6.07) is 5.68. The number of anilines is 2. The molecule has 6 heteroatoms. The first-order chi connectivity index (χ1) is 10.0. The van der Waals surface area contributed by atoms with E-state index in [2.05, 4.69) is 36.5 Å². The second-order valence-electron chi connectivity index (χ2n) is 4.76. The first-order valence-electron chi connectivity index (χ1n) is 6.63. The van der Waals surface area contributed by atoms with Crippen molar-refractivity contribution in [1.29, 1.82) is 0 Å². The monoisotopic (exact) mass is 348 g/mol. The zero-order valence-corrected chi connectivity index (χ0v) is 13.6. The number of hydrogen-bond donors (Lipinski definition) is 2. The van der Waals surface area contributed by atoms with Gasteiger partial charge in [-0.3, -0.25) is 4.79 Å². The van der Waals surface area contributed by atoms with E-state index in [4.69, 9.17) is 0 Å². The lowest BCUT2D eigenvalue weighted by Gasteiger charge is -2.09. The second kappa shape index (κ2) is 7.17. The van der Waals surface area contributed by atoms with Gasteiger partial charge in [0.15, 0.2) is 0 Å². The Morgan fingerprint density at radius 3 is 2.71 bits per heavy atom. The summed E-state index contributed by atoms with van der Waals surface area (Å²) in [5.41, 5.74) is 2.09. The fourth-order valence-electron chi connectivity index (χ4n) is 1.77. The summed E-state index contributed by atoms with van der Waals surface area (Å²) in [5.74, 6) is 1.29. The van der Waals surface area contributed by atoms with E-state index in [9.17, 15) is 4.79 Å². The van der Waals surface area contributed by atoms with E-state index >= 15 is 0 Å². The molecule has 21 heavy (non-hydrogen) atoms. The number of aromatic nitrogens is 2. The molecule has 0 radical (unpaired) electrons. The van der Waals surface area contributed by atoms with Crippen molar-refractivity contribution in [2.45, 2.75) is 20.3 Å². The molecule has 2 aromatic rings. The van der Waals surface area contributed by atoms with E-state index in [0.29, 0.717) is 18.8 Å². The molecule has 0 saturated carbocycles. The molecule has 1 amide bonds. The summed E-state index contributed by atoms with van der Waals surface area (Å²) < 4.78 is 0.939. The average molecular weight is 349 g/mol. The maximum atomic E-state index is 11.8. The van der Waals surface area contributed by atoms with Crippen LogP contribution in [0.5, 0.6) is 0 Å². The number of halogens is 1. The van der Waals surface area contributed by atoms with E-state index < -0.39 is 0 Å². The van der Waals surface area contributed by atoms with E-state index in [1.165, 1.54) is 0 Å². The van der Waals surface area contributed by atoms with Gasteiger partial charge >= 0.3 is 0 Å². The molecule has 2 heterocycles. The summed E-state index contributed by atoms with van der Waals surface area (Å²) in [5, 5.41) is 5.91. The van der Waals surface area contributed by atoms with Crippen molar-refractivity contribution < 1.29 is 4.79 Å². The Morgan fingerprint density at radius 1 is 1.24 bits per heavy atom. The fourth-order valence-corrected chi connectivity index (χ4v) is 2.21. The molecular formula is C15H17BrN4O. The van der Waals surface area contributed by atoms with Crippen LogP contribution in [0.3, 0.4) is 0 Å². The Balaban J connectivity index is 1.80. The molecule has 2 rings (SSSR count). The highest BCUT2D eigenvalue weighted by atomic mass is 79.9. The largest absolute Gasteiger partial charge is 0.369 e. The molecule has 0 aliphatic carbocycles. The summed E-state index contributed by atoms with van der Waals surface area (Å²) in [6.07, 6.45) is 3.81. The van der Waals surface area contributed by atoms with Crippen molar-refractivity contribution in [3.63, 3.8) is 0 Å².